The number of hydrogen-bond acceptors (Lipinski definition) is 3. The maximum Gasteiger partial charge on any atom is 0.270 e. The van der Waals surface area contributed by atoms with E-state index < -0.39 is 10.0 Å². The minimum atomic E-state index is -3.55. The van der Waals surface area contributed by atoms with Crippen LogP contribution in [0.25, 0.3) is 0 Å². The van der Waals surface area contributed by atoms with Gasteiger partial charge in [0, 0.05) is 26.3 Å². The van der Waals surface area contributed by atoms with Crippen LogP contribution in [0.3, 0.4) is 0 Å². The molecule has 122 valence electrons. The molecule has 1 aliphatic rings. The molecule has 6 nitrogen and oxygen atoms in total. The van der Waals surface area contributed by atoms with Gasteiger partial charge in [-0.2, -0.15) is 0 Å². The highest BCUT2D eigenvalue weighted by Crippen LogP contribution is 2.21. The maximum absolute atomic E-state index is 12.7. The highest BCUT2D eigenvalue weighted by Gasteiger charge is 2.25. The van der Waals surface area contributed by atoms with Gasteiger partial charge in [-0.05, 0) is 30.7 Å². The zero-order chi connectivity index (χ0) is 16.6. The Hall–Kier alpha value is -2.12. The standard InChI is InChI=1S/C16H19N3O3S/c1-17-23(21,22)14-9-15(18(2)11-14)16(20)19-8-7-12-5-3-4-6-13(12)10-19/h3-6,9,11,17H,7-8,10H2,1-2H3. The SMILES string of the molecule is CNS(=O)(=O)c1cc(C(=O)N2CCc3ccccc3C2)n(C)c1. The molecule has 1 aromatic carbocycles. The highest BCUT2D eigenvalue weighted by molar-refractivity contribution is 7.89. The van der Waals surface area contributed by atoms with Crippen LogP contribution in [0, 0.1) is 0 Å². The summed E-state index contributed by atoms with van der Waals surface area (Å²) in [7, 11) is -0.521. The summed E-state index contributed by atoms with van der Waals surface area (Å²) >= 11 is 0. The molecule has 0 aliphatic carbocycles. The van der Waals surface area contributed by atoms with Crippen molar-refractivity contribution in [1.82, 2.24) is 14.2 Å². The van der Waals surface area contributed by atoms with Gasteiger partial charge in [-0.25, -0.2) is 13.1 Å². The molecule has 0 fully saturated rings. The van der Waals surface area contributed by atoms with Crippen molar-refractivity contribution in [2.45, 2.75) is 17.9 Å². The molecule has 1 aliphatic heterocycles. The number of aromatic nitrogens is 1. The number of hydrogen-bond donors (Lipinski definition) is 1. The molecule has 23 heavy (non-hydrogen) atoms. The molecule has 1 N–H and O–H groups in total. The molecule has 1 amide bonds. The molecule has 0 radical (unpaired) electrons. The van der Waals surface area contributed by atoms with E-state index >= 15 is 0 Å². The van der Waals surface area contributed by atoms with Crippen LogP contribution in [-0.4, -0.2) is 37.4 Å². The second kappa shape index (κ2) is 5.82. The first-order chi connectivity index (χ1) is 10.9. The molecule has 0 spiro atoms. The summed E-state index contributed by atoms with van der Waals surface area (Å²) in [6.07, 6.45) is 2.27. The van der Waals surface area contributed by atoms with Crippen LogP contribution < -0.4 is 4.72 Å². The van der Waals surface area contributed by atoms with Crippen LogP contribution in [0.2, 0.25) is 0 Å². The monoisotopic (exact) mass is 333 g/mol. The van der Waals surface area contributed by atoms with Crippen LogP contribution in [-0.2, 0) is 30.0 Å². The Kier molecular flexibility index (Phi) is 3.99. The predicted octanol–water partition coefficient (Wildman–Crippen LogP) is 1.13. The second-order valence-corrected chi connectivity index (χ2v) is 7.51. The zero-order valence-electron chi connectivity index (χ0n) is 13.1. The van der Waals surface area contributed by atoms with E-state index in [1.807, 2.05) is 18.2 Å². The summed E-state index contributed by atoms with van der Waals surface area (Å²) in [5.74, 6) is -0.153. The largest absolute Gasteiger partial charge is 0.345 e. The molecule has 2 aromatic rings. The molecule has 0 saturated heterocycles. The van der Waals surface area contributed by atoms with Gasteiger partial charge in [0.2, 0.25) is 10.0 Å². The summed E-state index contributed by atoms with van der Waals surface area (Å²) in [6.45, 7) is 1.18. The van der Waals surface area contributed by atoms with Crippen molar-refractivity contribution < 1.29 is 13.2 Å². The van der Waals surface area contributed by atoms with E-state index in [4.69, 9.17) is 0 Å². The molecule has 0 unspecified atom stereocenters. The number of amides is 1. The highest BCUT2D eigenvalue weighted by atomic mass is 32.2. The molecular weight excluding hydrogens is 314 g/mol. The van der Waals surface area contributed by atoms with Crippen LogP contribution in [0.5, 0.6) is 0 Å². The zero-order valence-corrected chi connectivity index (χ0v) is 13.9. The van der Waals surface area contributed by atoms with Crippen molar-refractivity contribution in [3.8, 4) is 0 Å². The number of benzene rings is 1. The predicted molar refractivity (Wildman–Crippen MR) is 86.5 cm³/mol. The van der Waals surface area contributed by atoms with Crippen molar-refractivity contribution in [2.24, 2.45) is 7.05 Å². The van der Waals surface area contributed by atoms with Crippen molar-refractivity contribution in [1.29, 1.82) is 0 Å². The minimum Gasteiger partial charge on any atom is -0.345 e. The fourth-order valence-electron chi connectivity index (χ4n) is 2.84. The van der Waals surface area contributed by atoms with Crippen molar-refractivity contribution in [2.75, 3.05) is 13.6 Å². The minimum absolute atomic E-state index is 0.100. The van der Waals surface area contributed by atoms with E-state index in [9.17, 15) is 13.2 Å². The average molecular weight is 333 g/mol. The molecule has 7 heteroatoms. The van der Waals surface area contributed by atoms with Gasteiger partial charge in [-0.3, -0.25) is 4.79 Å². The molecule has 3 rings (SSSR count). The smallest absolute Gasteiger partial charge is 0.270 e. The maximum atomic E-state index is 12.7. The summed E-state index contributed by atoms with van der Waals surface area (Å²) < 4.78 is 27.6. The third-order valence-electron chi connectivity index (χ3n) is 4.20. The van der Waals surface area contributed by atoms with Crippen molar-refractivity contribution in [3.05, 3.63) is 53.3 Å². The molecule has 0 atom stereocenters. The van der Waals surface area contributed by atoms with Crippen LogP contribution in [0.15, 0.2) is 41.4 Å². The van der Waals surface area contributed by atoms with Gasteiger partial charge >= 0.3 is 0 Å². The Bertz CT molecular complexity index is 855. The van der Waals surface area contributed by atoms with Gasteiger partial charge < -0.3 is 9.47 Å². The number of fused-ring (bicyclic) bond motifs is 1. The second-order valence-electron chi connectivity index (χ2n) is 5.62. The van der Waals surface area contributed by atoms with Gasteiger partial charge in [-0.1, -0.05) is 24.3 Å². The Balaban J connectivity index is 1.88. The van der Waals surface area contributed by atoms with Crippen molar-refractivity contribution in [3.63, 3.8) is 0 Å². The number of carbonyl (C=O) groups is 1. The lowest BCUT2D eigenvalue weighted by Crippen LogP contribution is -2.36. The van der Waals surface area contributed by atoms with Gasteiger partial charge in [0.25, 0.3) is 5.91 Å². The average Bonchev–Trinajstić information content (AvgIpc) is 2.96. The topological polar surface area (TPSA) is 71.4 Å². The van der Waals surface area contributed by atoms with Gasteiger partial charge in [0.05, 0.1) is 0 Å². The third kappa shape index (κ3) is 2.89. The normalized spacial score (nSPS) is 14.6. The fourth-order valence-corrected chi connectivity index (χ4v) is 3.64. The van der Waals surface area contributed by atoms with E-state index in [0.29, 0.717) is 18.8 Å². The summed E-state index contributed by atoms with van der Waals surface area (Å²) in [5, 5.41) is 0. The molecule has 0 bridgehead atoms. The first-order valence-electron chi connectivity index (χ1n) is 7.38. The molecule has 2 heterocycles. The first-order valence-corrected chi connectivity index (χ1v) is 8.86. The number of nitrogens with zero attached hydrogens (tertiary/aromatic N) is 2. The van der Waals surface area contributed by atoms with Gasteiger partial charge in [0.1, 0.15) is 10.6 Å². The number of nitrogens with one attached hydrogen (secondary N) is 1. The summed E-state index contributed by atoms with van der Waals surface area (Å²) in [6, 6.07) is 9.50. The molecule has 0 saturated carbocycles. The Morgan fingerprint density at radius 1 is 1.22 bits per heavy atom. The lowest BCUT2D eigenvalue weighted by Gasteiger charge is -2.28. The summed E-state index contributed by atoms with van der Waals surface area (Å²) in [4.78, 5) is 14.6. The van der Waals surface area contributed by atoms with E-state index in [2.05, 4.69) is 10.8 Å². The summed E-state index contributed by atoms with van der Waals surface area (Å²) in [5.41, 5.74) is 2.78. The Labute approximate surface area is 135 Å². The Morgan fingerprint density at radius 3 is 2.61 bits per heavy atom. The first kappa shape index (κ1) is 15.8. The number of aryl methyl sites for hydroxylation is 1. The van der Waals surface area contributed by atoms with E-state index in [-0.39, 0.29) is 10.8 Å². The Morgan fingerprint density at radius 2 is 1.91 bits per heavy atom. The van der Waals surface area contributed by atoms with Gasteiger partial charge in [-0.15, -0.1) is 0 Å². The third-order valence-corrected chi connectivity index (χ3v) is 5.58. The molecule has 1 aromatic heterocycles. The lowest BCUT2D eigenvalue weighted by atomic mass is 10.00. The lowest BCUT2D eigenvalue weighted by molar-refractivity contribution is 0.0725. The number of rotatable bonds is 3. The van der Waals surface area contributed by atoms with Gasteiger partial charge in [0.15, 0.2) is 0 Å². The van der Waals surface area contributed by atoms with Crippen molar-refractivity contribution >= 4 is 15.9 Å². The van der Waals surface area contributed by atoms with E-state index in [1.165, 1.54) is 24.9 Å². The number of sulfonamides is 1. The van der Waals surface area contributed by atoms with Crippen LogP contribution in [0.1, 0.15) is 21.6 Å². The quantitative estimate of drug-likeness (QED) is 0.915. The fraction of sp³-hybridized carbons (Fsp3) is 0.312. The van der Waals surface area contributed by atoms with E-state index in [1.54, 1.807) is 16.5 Å². The number of carbonyl (C=O) groups excluding carboxylic acids is 1. The van der Waals surface area contributed by atoms with Crippen LogP contribution >= 0.6 is 0 Å². The molecular formula is C16H19N3O3S. The van der Waals surface area contributed by atoms with E-state index in [0.717, 1.165) is 12.0 Å². The van der Waals surface area contributed by atoms with Crippen LogP contribution in [0.4, 0.5) is 0 Å².